The van der Waals surface area contributed by atoms with Crippen LogP contribution in [0.5, 0.6) is 0 Å². The highest BCUT2D eigenvalue weighted by molar-refractivity contribution is 9.10. The number of hydrogen-bond acceptors (Lipinski definition) is 3. The number of furan rings is 1. The monoisotopic (exact) mass is 315 g/mol. The summed E-state index contributed by atoms with van der Waals surface area (Å²) in [6.45, 7) is 5.02. The smallest absolute Gasteiger partial charge is 0.137 e. The van der Waals surface area contributed by atoms with E-state index >= 15 is 0 Å². The van der Waals surface area contributed by atoms with Crippen molar-refractivity contribution < 1.29 is 9.15 Å². The molecule has 102 valence electrons. The number of nitrogens with two attached hydrogens (primary N) is 1. The molecule has 0 aliphatic heterocycles. The van der Waals surface area contributed by atoms with Gasteiger partial charge in [-0.15, -0.1) is 0 Å². The SMILES string of the molecule is CCOC1(C(N)c2occc2Br)CCC(C)CC1. The molecule has 1 aliphatic carbocycles. The van der Waals surface area contributed by atoms with E-state index in [9.17, 15) is 0 Å². The standard InChI is InChI=1S/C14H22BrNO2/c1-3-18-14(7-4-10(2)5-8-14)13(16)12-11(15)6-9-17-12/h6,9-10,13H,3-5,7-8,16H2,1-2H3. The summed E-state index contributed by atoms with van der Waals surface area (Å²) in [5.41, 5.74) is 6.17. The predicted octanol–water partition coefficient (Wildman–Crippen LogP) is 4.03. The average Bonchev–Trinajstić information content (AvgIpc) is 2.78. The molecular weight excluding hydrogens is 294 g/mol. The first kappa shape index (κ1) is 14.1. The molecular formula is C14H22BrNO2. The van der Waals surface area contributed by atoms with Gasteiger partial charge in [0.15, 0.2) is 0 Å². The van der Waals surface area contributed by atoms with Crippen molar-refractivity contribution in [3.05, 3.63) is 22.6 Å². The predicted molar refractivity (Wildman–Crippen MR) is 75.3 cm³/mol. The van der Waals surface area contributed by atoms with E-state index in [0.717, 1.165) is 29.0 Å². The summed E-state index contributed by atoms with van der Waals surface area (Å²) in [6.07, 6.45) is 6.04. The second kappa shape index (κ2) is 5.76. The lowest BCUT2D eigenvalue weighted by Gasteiger charge is -2.42. The molecule has 1 fully saturated rings. The molecule has 2 N–H and O–H groups in total. The Morgan fingerprint density at radius 2 is 2.22 bits per heavy atom. The summed E-state index contributed by atoms with van der Waals surface area (Å²) in [7, 11) is 0. The van der Waals surface area contributed by atoms with E-state index in [2.05, 4.69) is 22.9 Å². The molecule has 0 saturated heterocycles. The second-order valence-corrected chi connectivity index (χ2v) is 6.15. The molecule has 2 rings (SSSR count). The van der Waals surface area contributed by atoms with Gasteiger partial charge in [0.25, 0.3) is 0 Å². The molecule has 1 aromatic rings. The second-order valence-electron chi connectivity index (χ2n) is 5.29. The van der Waals surface area contributed by atoms with Gasteiger partial charge in [-0.2, -0.15) is 0 Å². The molecule has 0 bridgehead atoms. The fraction of sp³-hybridized carbons (Fsp3) is 0.714. The number of ether oxygens (including phenoxy) is 1. The van der Waals surface area contributed by atoms with Crippen molar-refractivity contribution in [1.82, 2.24) is 0 Å². The van der Waals surface area contributed by atoms with E-state index in [1.807, 2.05) is 13.0 Å². The third-order valence-corrected chi connectivity index (χ3v) is 4.70. The Balaban J connectivity index is 2.22. The van der Waals surface area contributed by atoms with Gasteiger partial charge in [0.2, 0.25) is 0 Å². The normalized spacial score (nSPS) is 30.3. The number of rotatable bonds is 4. The van der Waals surface area contributed by atoms with Crippen molar-refractivity contribution in [2.75, 3.05) is 6.61 Å². The summed E-state index contributed by atoms with van der Waals surface area (Å²) >= 11 is 3.49. The fourth-order valence-electron chi connectivity index (χ4n) is 2.85. The van der Waals surface area contributed by atoms with Gasteiger partial charge in [-0.3, -0.25) is 0 Å². The zero-order valence-corrected chi connectivity index (χ0v) is 12.7. The highest BCUT2D eigenvalue weighted by Gasteiger charge is 2.43. The van der Waals surface area contributed by atoms with E-state index < -0.39 is 0 Å². The maximum Gasteiger partial charge on any atom is 0.137 e. The molecule has 1 saturated carbocycles. The molecule has 0 aromatic carbocycles. The van der Waals surface area contributed by atoms with Gasteiger partial charge >= 0.3 is 0 Å². The van der Waals surface area contributed by atoms with Crippen LogP contribution in [0.1, 0.15) is 51.3 Å². The highest BCUT2D eigenvalue weighted by atomic mass is 79.9. The Hall–Kier alpha value is -0.320. The van der Waals surface area contributed by atoms with Gasteiger partial charge in [0.1, 0.15) is 5.76 Å². The Kier molecular flexibility index (Phi) is 4.51. The molecule has 1 atom stereocenters. The quantitative estimate of drug-likeness (QED) is 0.912. The van der Waals surface area contributed by atoms with Crippen molar-refractivity contribution in [2.45, 2.75) is 51.2 Å². The summed E-state index contributed by atoms with van der Waals surface area (Å²) in [6, 6.07) is 1.69. The lowest BCUT2D eigenvalue weighted by atomic mass is 9.75. The van der Waals surface area contributed by atoms with Crippen LogP contribution in [-0.2, 0) is 4.74 Å². The minimum absolute atomic E-state index is 0.200. The summed E-state index contributed by atoms with van der Waals surface area (Å²) < 4.78 is 12.5. The molecule has 1 aliphatic rings. The maximum atomic E-state index is 6.43. The van der Waals surface area contributed by atoms with Crippen LogP contribution in [0.15, 0.2) is 21.2 Å². The molecule has 0 radical (unpaired) electrons. The van der Waals surface area contributed by atoms with Crippen LogP contribution in [-0.4, -0.2) is 12.2 Å². The molecule has 1 aromatic heterocycles. The van der Waals surface area contributed by atoms with Crippen LogP contribution in [0, 0.1) is 5.92 Å². The fourth-order valence-corrected chi connectivity index (χ4v) is 3.30. The minimum atomic E-state index is -0.262. The topological polar surface area (TPSA) is 48.4 Å². The van der Waals surface area contributed by atoms with Crippen molar-refractivity contribution in [2.24, 2.45) is 11.7 Å². The van der Waals surface area contributed by atoms with E-state index in [1.165, 1.54) is 12.8 Å². The van der Waals surface area contributed by atoms with E-state index in [-0.39, 0.29) is 11.6 Å². The molecule has 0 spiro atoms. The Bertz CT molecular complexity index is 383. The first-order chi connectivity index (χ1) is 8.59. The van der Waals surface area contributed by atoms with Gasteiger partial charge in [-0.05, 0) is 60.5 Å². The zero-order chi connectivity index (χ0) is 13.2. The number of halogens is 1. The van der Waals surface area contributed by atoms with Crippen molar-refractivity contribution in [1.29, 1.82) is 0 Å². The van der Waals surface area contributed by atoms with Gasteiger partial charge in [0, 0.05) is 6.61 Å². The van der Waals surface area contributed by atoms with Gasteiger partial charge in [-0.25, -0.2) is 0 Å². The molecule has 3 nitrogen and oxygen atoms in total. The first-order valence-electron chi connectivity index (χ1n) is 6.71. The lowest BCUT2D eigenvalue weighted by Crippen LogP contribution is -2.46. The van der Waals surface area contributed by atoms with E-state index in [4.69, 9.17) is 14.9 Å². The molecule has 18 heavy (non-hydrogen) atoms. The van der Waals surface area contributed by atoms with Crippen LogP contribution in [0.2, 0.25) is 0 Å². The molecule has 1 heterocycles. The van der Waals surface area contributed by atoms with Crippen LogP contribution < -0.4 is 5.73 Å². The first-order valence-corrected chi connectivity index (χ1v) is 7.51. The summed E-state index contributed by atoms with van der Waals surface area (Å²) in [4.78, 5) is 0. The average molecular weight is 316 g/mol. The lowest BCUT2D eigenvalue weighted by molar-refractivity contribution is -0.0933. The van der Waals surface area contributed by atoms with Crippen LogP contribution in [0.25, 0.3) is 0 Å². The highest BCUT2D eigenvalue weighted by Crippen LogP contribution is 2.43. The third kappa shape index (κ3) is 2.65. The summed E-state index contributed by atoms with van der Waals surface area (Å²) in [5, 5.41) is 0. The Labute approximate surface area is 117 Å². The Morgan fingerprint density at radius 3 is 2.72 bits per heavy atom. The van der Waals surface area contributed by atoms with Gasteiger partial charge in [0.05, 0.1) is 22.4 Å². The maximum absolute atomic E-state index is 6.43. The summed E-state index contributed by atoms with van der Waals surface area (Å²) in [5.74, 6) is 1.57. The number of hydrogen-bond donors (Lipinski definition) is 1. The van der Waals surface area contributed by atoms with Crippen LogP contribution >= 0.6 is 15.9 Å². The third-order valence-electron chi connectivity index (χ3n) is 4.05. The van der Waals surface area contributed by atoms with Crippen LogP contribution in [0.4, 0.5) is 0 Å². The molecule has 0 amide bonds. The van der Waals surface area contributed by atoms with Gasteiger partial charge in [-0.1, -0.05) is 6.92 Å². The molecule has 4 heteroatoms. The van der Waals surface area contributed by atoms with Crippen molar-refractivity contribution in [3.63, 3.8) is 0 Å². The van der Waals surface area contributed by atoms with E-state index in [0.29, 0.717) is 6.61 Å². The minimum Gasteiger partial charge on any atom is -0.466 e. The Morgan fingerprint density at radius 1 is 1.56 bits per heavy atom. The van der Waals surface area contributed by atoms with Crippen molar-refractivity contribution in [3.8, 4) is 0 Å². The van der Waals surface area contributed by atoms with Gasteiger partial charge < -0.3 is 14.9 Å². The zero-order valence-electron chi connectivity index (χ0n) is 11.1. The van der Waals surface area contributed by atoms with E-state index in [1.54, 1.807) is 6.26 Å². The van der Waals surface area contributed by atoms with Crippen molar-refractivity contribution >= 4 is 15.9 Å². The largest absolute Gasteiger partial charge is 0.466 e. The molecule has 1 unspecified atom stereocenters. The van der Waals surface area contributed by atoms with Crippen LogP contribution in [0.3, 0.4) is 0 Å².